The fourth-order valence-electron chi connectivity index (χ4n) is 2.16. The second-order valence-electron chi connectivity index (χ2n) is 4.42. The molecule has 1 saturated heterocycles. The summed E-state index contributed by atoms with van der Waals surface area (Å²) < 4.78 is 0. The number of hydrogen-bond donors (Lipinski definition) is 1. The average Bonchev–Trinajstić information content (AvgIpc) is 2.88. The summed E-state index contributed by atoms with van der Waals surface area (Å²) >= 11 is 1.86. The third-order valence-corrected chi connectivity index (χ3v) is 4.33. The van der Waals surface area contributed by atoms with Gasteiger partial charge in [-0.2, -0.15) is 0 Å². The molecule has 2 rings (SSSR count). The first kappa shape index (κ1) is 11.1. The van der Waals surface area contributed by atoms with Crippen LogP contribution in [0.15, 0.2) is 17.5 Å². The lowest BCUT2D eigenvalue weighted by Crippen LogP contribution is -2.36. The molecule has 0 bridgehead atoms. The van der Waals surface area contributed by atoms with Crippen molar-refractivity contribution in [3.8, 4) is 0 Å². The summed E-state index contributed by atoms with van der Waals surface area (Å²) in [5.41, 5.74) is 0. The Morgan fingerprint density at radius 2 is 2.53 bits per heavy atom. The summed E-state index contributed by atoms with van der Waals surface area (Å²) in [5, 5.41) is 5.71. The third-order valence-electron chi connectivity index (χ3n) is 3.29. The van der Waals surface area contributed by atoms with Crippen LogP contribution in [0.4, 0.5) is 0 Å². The Kier molecular flexibility index (Phi) is 3.78. The van der Waals surface area contributed by atoms with E-state index < -0.39 is 0 Å². The summed E-state index contributed by atoms with van der Waals surface area (Å²) in [6.45, 7) is 4.66. The van der Waals surface area contributed by atoms with Gasteiger partial charge >= 0.3 is 0 Å². The summed E-state index contributed by atoms with van der Waals surface area (Å²) in [6, 6.07) is 5.62. The highest BCUT2D eigenvalue weighted by molar-refractivity contribution is 7.10. The molecule has 1 fully saturated rings. The van der Waals surface area contributed by atoms with E-state index in [1.54, 1.807) is 0 Å². The van der Waals surface area contributed by atoms with Gasteiger partial charge in [-0.05, 0) is 44.8 Å². The number of likely N-dealkylation sites (N-methyl/N-ethyl adjacent to an activating group) is 1. The first-order valence-electron chi connectivity index (χ1n) is 5.74. The maximum atomic E-state index is 3.55. The molecule has 0 amide bonds. The Morgan fingerprint density at radius 3 is 3.13 bits per heavy atom. The predicted octanol–water partition coefficient (Wildman–Crippen LogP) is 2.49. The topological polar surface area (TPSA) is 15.3 Å². The standard InChI is InChI=1S/C12H20N2S/c1-10(12-6-4-8-15-12)14(2)9-11-5-3-7-13-11/h4,6,8,10-11,13H,3,5,7,9H2,1-2H3/t10-,11-/m1/s1. The molecule has 2 heterocycles. The first-order valence-corrected chi connectivity index (χ1v) is 6.62. The van der Waals surface area contributed by atoms with Gasteiger partial charge in [0.2, 0.25) is 0 Å². The molecule has 0 spiro atoms. The molecule has 15 heavy (non-hydrogen) atoms. The van der Waals surface area contributed by atoms with Crippen LogP contribution in [0.1, 0.15) is 30.7 Å². The Labute approximate surface area is 96.3 Å². The second-order valence-corrected chi connectivity index (χ2v) is 5.40. The second kappa shape index (κ2) is 5.10. The van der Waals surface area contributed by atoms with E-state index in [2.05, 4.69) is 41.7 Å². The molecule has 0 unspecified atom stereocenters. The van der Waals surface area contributed by atoms with Crippen molar-refractivity contribution in [2.75, 3.05) is 20.1 Å². The molecule has 0 aromatic carbocycles. The van der Waals surface area contributed by atoms with Crippen molar-refractivity contribution in [2.24, 2.45) is 0 Å². The molecule has 0 saturated carbocycles. The maximum absolute atomic E-state index is 3.55. The van der Waals surface area contributed by atoms with Crippen LogP contribution in [-0.2, 0) is 0 Å². The first-order chi connectivity index (χ1) is 7.27. The van der Waals surface area contributed by atoms with Crippen LogP contribution in [0.25, 0.3) is 0 Å². The number of nitrogens with zero attached hydrogens (tertiary/aromatic N) is 1. The maximum Gasteiger partial charge on any atom is 0.0410 e. The van der Waals surface area contributed by atoms with Crippen molar-refractivity contribution in [3.63, 3.8) is 0 Å². The minimum atomic E-state index is 0.549. The van der Waals surface area contributed by atoms with Crippen LogP contribution in [0, 0.1) is 0 Å². The van der Waals surface area contributed by atoms with Crippen LogP contribution in [0.2, 0.25) is 0 Å². The monoisotopic (exact) mass is 224 g/mol. The van der Waals surface area contributed by atoms with E-state index in [4.69, 9.17) is 0 Å². The van der Waals surface area contributed by atoms with Crippen LogP contribution >= 0.6 is 11.3 Å². The van der Waals surface area contributed by atoms with Gasteiger partial charge < -0.3 is 5.32 Å². The lowest BCUT2D eigenvalue weighted by atomic mass is 10.2. The SMILES string of the molecule is C[C@H](c1cccs1)N(C)C[C@H]1CCCN1. The largest absolute Gasteiger partial charge is 0.313 e. The van der Waals surface area contributed by atoms with Crippen molar-refractivity contribution in [1.82, 2.24) is 10.2 Å². The molecule has 0 radical (unpaired) electrons. The summed E-state index contributed by atoms with van der Waals surface area (Å²) in [5.74, 6) is 0. The van der Waals surface area contributed by atoms with E-state index in [9.17, 15) is 0 Å². The van der Waals surface area contributed by atoms with Gasteiger partial charge in [-0.25, -0.2) is 0 Å². The number of hydrogen-bond acceptors (Lipinski definition) is 3. The molecule has 2 atom stereocenters. The van der Waals surface area contributed by atoms with Gasteiger partial charge in [0.15, 0.2) is 0 Å². The smallest absolute Gasteiger partial charge is 0.0410 e. The van der Waals surface area contributed by atoms with E-state index in [-0.39, 0.29) is 0 Å². The predicted molar refractivity (Wildman–Crippen MR) is 66.4 cm³/mol. The molecular weight excluding hydrogens is 204 g/mol. The van der Waals surface area contributed by atoms with Gasteiger partial charge in [0.05, 0.1) is 0 Å². The molecule has 1 aliphatic heterocycles. The van der Waals surface area contributed by atoms with Gasteiger partial charge in [0.1, 0.15) is 0 Å². The zero-order valence-electron chi connectivity index (χ0n) is 9.57. The Hall–Kier alpha value is -0.380. The van der Waals surface area contributed by atoms with Crippen LogP contribution in [0.5, 0.6) is 0 Å². The van der Waals surface area contributed by atoms with E-state index in [1.165, 1.54) is 30.8 Å². The quantitative estimate of drug-likeness (QED) is 0.845. The van der Waals surface area contributed by atoms with Crippen LogP contribution < -0.4 is 5.32 Å². The summed E-state index contributed by atoms with van der Waals surface area (Å²) in [4.78, 5) is 3.92. The molecule has 0 aliphatic carbocycles. The normalized spacial score (nSPS) is 23.5. The number of rotatable bonds is 4. The Morgan fingerprint density at radius 1 is 1.67 bits per heavy atom. The van der Waals surface area contributed by atoms with Crippen molar-refractivity contribution >= 4 is 11.3 Å². The fourth-order valence-corrected chi connectivity index (χ4v) is 3.01. The van der Waals surface area contributed by atoms with E-state index in [1.807, 2.05) is 11.3 Å². The highest BCUT2D eigenvalue weighted by Gasteiger charge is 2.19. The highest BCUT2D eigenvalue weighted by Crippen LogP contribution is 2.23. The minimum absolute atomic E-state index is 0.549. The van der Waals surface area contributed by atoms with Gasteiger partial charge in [-0.3, -0.25) is 4.90 Å². The van der Waals surface area contributed by atoms with Crippen molar-refractivity contribution in [1.29, 1.82) is 0 Å². The average molecular weight is 224 g/mol. The van der Waals surface area contributed by atoms with E-state index >= 15 is 0 Å². The summed E-state index contributed by atoms with van der Waals surface area (Å²) in [6.07, 6.45) is 2.67. The Balaban J connectivity index is 1.87. The lowest BCUT2D eigenvalue weighted by Gasteiger charge is -2.26. The fraction of sp³-hybridized carbons (Fsp3) is 0.667. The highest BCUT2D eigenvalue weighted by atomic mass is 32.1. The van der Waals surface area contributed by atoms with E-state index in [0.717, 1.165) is 0 Å². The van der Waals surface area contributed by atoms with Crippen LogP contribution in [0.3, 0.4) is 0 Å². The molecule has 2 nitrogen and oxygen atoms in total. The lowest BCUT2D eigenvalue weighted by molar-refractivity contribution is 0.241. The number of thiophene rings is 1. The van der Waals surface area contributed by atoms with Gasteiger partial charge in [-0.1, -0.05) is 6.07 Å². The van der Waals surface area contributed by atoms with Crippen LogP contribution in [-0.4, -0.2) is 31.1 Å². The zero-order valence-corrected chi connectivity index (χ0v) is 10.4. The Bertz CT molecular complexity index is 278. The molecule has 84 valence electrons. The molecular formula is C12H20N2S. The molecule has 1 aromatic rings. The van der Waals surface area contributed by atoms with Gasteiger partial charge in [0.25, 0.3) is 0 Å². The van der Waals surface area contributed by atoms with Gasteiger partial charge in [-0.15, -0.1) is 11.3 Å². The number of nitrogens with one attached hydrogen (secondary N) is 1. The van der Waals surface area contributed by atoms with Crippen molar-refractivity contribution in [3.05, 3.63) is 22.4 Å². The molecule has 1 aliphatic rings. The summed E-state index contributed by atoms with van der Waals surface area (Å²) in [7, 11) is 2.23. The zero-order chi connectivity index (χ0) is 10.7. The van der Waals surface area contributed by atoms with Crippen molar-refractivity contribution < 1.29 is 0 Å². The molecule has 3 heteroatoms. The molecule has 1 N–H and O–H groups in total. The van der Waals surface area contributed by atoms with Crippen molar-refractivity contribution in [2.45, 2.75) is 31.8 Å². The third kappa shape index (κ3) is 2.80. The van der Waals surface area contributed by atoms with Gasteiger partial charge in [0, 0.05) is 23.5 Å². The molecule has 1 aromatic heterocycles. The van der Waals surface area contributed by atoms with E-state index in [0.29, 0.717) is 12.1 Å². The minimum Gasteiger partial charge on any atom is -0.313 e.